The van der Waals surface area contributed by atoms with Crippen molar-refractivity contribution in [2.45, 2.75) is 33.2 Å². The first-order valence-electron chi connectivity index (χ1n) is 6.84. The van der Waals surface area contributed by atoms with Crippen molar-refractivity contribution in [3.63, 3.8) is 0 Å². The molecule has 0 atom stereocenters. The summed E-state index contributed by atoms with van der Waals surface area (Å²) in [6.45, 7) is 4.73. The zero-order chi connectivity index (χ0) is 14.8. The molecule has 20 heavy (non-hydrogen) atoms. The first-order chi connectivity index (χ1) is 9.56. The molecule has 0 fully saturated rings. The van der Waals surface area contributed by atoms with E-state index in [4.69, 9.17) is 0 Å². The number of alkyl halides is 1. The van der Waals surface area contributed by atoms with Crippen LogP contribution in [0.25, 0.3) is 10.8 Å². The molecule has 1 aromatic heterocycles. The number of H-pyrrole nitrogens is 1. The Labute approximate surface area is 125 Å². The summed E-state index contributed by atoms with van der Waals surface area (Å²) in [4.78, 5) is 24.6. The van der Waals surface area contributed by atoms with Crippen molar-refractivity contribution in [3.05, 3.63) is 45.0 Å². The molecule has 0 aliphatic heterocycles. The highest BCUT2D eigenvalue weighted by molar-refractivity contribution is 9.09. The molecule has 0 amide bonds. The number of aromatic amines is 1. The van der Waals surface area contributed by atoms with E-state index in [1.807, 2.05) is 0 Å². The molecule has 0 spiro atoms. The van der Waals surface area contributed by atoms with E-state index in [-0.39, 0.29) is 16.5 Å². The van der Waals surface area contributed by atoms with Gasteiger partial charge in [0.2, 0.25) is 0 Å². The van der Waals surface area contributed by atoms with E-state index >= 15 is 0 Å². The number of hydrogen-bond donors (Lipinski definition) is 1. The summed E-state index contributed by atoms with van der Waals surface area (Å²) in [6, 6.07) is 6.93. The third kappa shape index (κ3) is 2.59. The normalized spacial score (nSPS) is 11.9. The van der Waals surface area contributed by atoms with Crippen LogP contribution in [0.1, 0.15) is 26.7 Å². The summed E-state index contributed by atoms with van der Waals surface area (Å²) in [5.41, 5.74) is -0.363. The van der Waals surface area contributed by atoms with Gasteiger partial charge in [-0.15, -0.1) is 0 Å². The van der Waals surface area contributed by atoms with Gasteiger partial charge >= 0.3 is 0 Å². The van der Waals surface area contributed by atoms with E-state index in [2.05, 4.69) is 34.9 Å². The third-order valence-electron chi connectivity index (χ3n) is 4.16. The molecule has 0 bridgehead atoms. The topological polar surface area (TPSA) is 54.9 Å². The molecule has 4 nitrogen and oxygen atoms in total. The van der Waals surface area contributed by atoms with Crippen molar-refractivity contribution >= 4 is 26.7 Å². The maximum atomic E-state index is 12.5. The minimum absolute atomic E-state index is 0.0186. The van der Waals surface area contributed by atoms with Gasteiger partial charge in [-0.25, -0.2) is 4.68 Å². The van der Waals surface area contributed by atoms with Crippen LogP contribution in [0.3, 0.4) is 0 Å². The van der Waals surface area contributed by atoms with Gasteiger partial charge in [0, 0.05) is 11.9 Å². The summed E-state index contributed by atoms with van der Waals surface area (Å²) >= 11 is 3.54. The largest absolute Gasteiger partial charge is 0.273 e. The molecule has 2 aromatic rings. The Morgan fingerprint density at radius 2 is 1.75 bits per heavy atom. The van der Waals surface area contributed by atoms with Crippen LogP contribution >= 0.6 is 15.9 Å². The van der Waals surface area contributed by atoms with Crippen LogP contribution in [-0.2, 0) is 6.54 Å². The Hall–Kier alpha value is -1.36. The average Bonchev–Trinajstić information content (AvgIpc) is 2.50. The molecule has 5 heteroatoms. The predicted octanol–water partition coefficient (Wildman–Crippen LogP) is 2.89. The highest BCUT2D eigenvalue weighted by Crippen LogP contribution is 2.30. The Kier molecular flexibility index (Phi) is 4.48. The lowest BCUT2D eigenvalue weighted by Gasteiger charge is -2.29. The molecule has 0 unspecified atom stereocenters. The standard InChI is InChI=1S/C15H19BrN2O2/c1-3-15(4-2,9-16)10-18-14(20)12-8-6-5-7-11(12)13(19)17-18/h5-8H,3-4,9-10H2,1-2H3,(H,17,19). The van der Waals surface area contributed by atoms with Crippen molar-refractivity contribution in [2.24, 2.45) is 5.41 Å². The minimum Gasteiger partial charge on any atom is -0.267 e. The molecule has 1 heterocycles. The van der Waals surface area contributed by atoms with E-state index in [1.54, 1.807) is 24.3 Å². The van der Waals surface area contributed by atoms with Gasteiger partial charge in [-0.05, 0) is 30.4 Å². The molecule has 0 aliphatic carbocycles. The van der Waals surface area contributed by atoms with Crippen molar-refractivity contribution in [1.29, 1.82) is 0 Å². The van der Waals surface area contributed by atoms with Crippen molar-refractivity contribution in [1.82, 2.24) is 9.78 Å². The fourth-order valence-electron chi connectivity index (χ4n) is 2.40. The number of halogens is 1. The van der Waals surface area contributed by atoms with Gasteiger partial charge in [0.25, 0.3) is 11.1 Å². The van der Waals surface area contributed by atoms with E-state index in [9.17, 15) is 9.59 Å². The zero-order valence-electron chi connectivity index (χ0n) is 11.8. The van der Waals surface area contributed by atoms with Gasteiger partial charge in [-0.1, -0.05) is 41.9 Å². The molecule has 1 N–H and O–H groups in total. The number of rotatable bonds is 5. The number of hydrogen-bond acceptors (Lipinski definition) is 2. The summed E-state index contributed by atoms with van der Waals surface area (Å²) in [5.74, 6) is 0. The van der Waals surface area contributed by atoms with Crippen LogP contribution in [0.5, 0.6) is 0 Å². The summed E-state index contributed by atoms with van der Waals surface area (Å²) in [6.07, 6.45) is 1.88. The molecule has 0 aliphatic rings. The number of benzene rings is 1. The van der Waals surface area contributed by atoms with Crippen LogP contribution in [0.4, 0.5) is 0 Å². The third-order valence-corrected chi connectivity index (χ3v) is 5.35. The highest BCUT2D eigenvalue weighted by atomic mass is 79.9. The zero-order valence-corrected chi connectivity index (χ0v) is 13.4. The maximum absolute atomic E-state index is 12.5. The summed E-state index contributed by atoms with van der Waals surface area (Å²) in [5, 5.41) is 4.43. The fraction of sp³-hybridized carbons (Fsp3) is 0.467. The molecular formula is C15H19BrN2O2. The second-order valence-electron chi connectivity index (χ2n) is 5.22. The second kappa shape index (κ2) is 5.95. The van der Waals surface area contributed by atoms with Crippen LogP contribution in [-0.4, -0.2) is 15.1 Å². The van der Waals surface area contributed by atoms with Gasteiger partial charge < -0.3 is 0 Å². The van der Waals surface area contributed by atoms with Gasteiger partial charge in [0.15, 0.2) is 0 Å². The molecular weight excluding hydrogens is 320 g/mol. The van der Waals surface area contributed by atoms with Crippen molar-refractivity contribution in [2.75, 3.05) is 5.33 Å². The quantitative estimate of drug-likeness (QED) is 0.852. The number of nitrogens with one attached hydrogen (secondary N) is 1. The highest BCUT2D eigenvalue weighted by Gasteiger charge is 2.26. The van der Waals surface area contributed by atoms with Crippen LogP contribution in [0, 0.1) is 5.41 Å². The predicted molar refractivity (Wildman–Crippen MR) is 85.6 cm³/mol. The summed E-state index contributed by atoms with van der Waals surface area (Å²) in [7, 11) is 0. The fourth-order valence-corrected chi connectivity index (χ4v) is 3.37. The maximum Gasteiger partial charge on any atom is 0.273 e. The van der Waals surface area contributed by atoms with Gasteiger partial charge in [-0.2, -0.15) is 0 Å². The Balaban J connectivity index is 2.59. The molecule has 0 radical (unpaired) electrons. The number of nitrogens with zero attached hydrogens (tertiary/aromatic N) is 1. The molecule has 2 rings (SSSR count). The van der Waals surface area contributed by atoms with E-state index < -0.39 is 0 Å². The molecule has 108 valence electrons. The lowest BCUT2D eigenvalue weighted by Crippen LogP contribution is -2.37. The average molecular weight is 339 g/mol. The molecule has 0 saturated heterocycles. The first-order valence-corrected chi connectivity index (χ1v) is 7.97. The SMILES string of the molecule is CCC(CC)(CBr)Cn1[nH]c(=O)c2ccccc2c1=O. The van der Waals surface area contributed by atoms with E-state index in [1.165, 1.54) is 4.68 Å². The van der Waals surface area contributed by atoms with Crippen LogP contribution < -0.4 is 11.1 Å². The van der Waals surface area contributed by atoms with Gasteiger partial charge in [0.05, 0.1) is 10.8 Å². The second-order valence-corrected chi connectivity index (χ2v) is 5.78. The summed E-state index contributed by atoms with van der Waals surface area (Å²) < 4.78 is 1.46. The number of fused-ring (bicyclic) bond motifs is 1. The van der Waals surface area contributed by atoms with Crippen molar-refractivity contribution in [3.8, 4) is 0 Å². The minimum atomic E-state index is -0.212. The molecule has 1 aromatic carbocycles. The molecule has 0 saturated carbocycles. The van der Waals surface area contributed by atoms with E-state index in [0.717, 1.165) is 18.2 Å². The lowest BCUT2D eigenvalue weighted by molar-refractivity contribution is 0.242. The monoisotopic (exact) mass is 338 g/mol. The van der Waals surface area contributed by atoms with E-state index in [0.29, 0.717) is 17.3 Å². The van der Waals surface area contributed by atoms with Gasteiger partial charge in [0.1, 0.15) is 0 Å². The smallest absolute Gasteiger partial charge is 0.267 e. The van der Waals surface area contributed by atoms with Crippen LogP contribution in [0.2, 0.25) is 0 Å². The lowest BCUT2D eigenvalue weighted by atomic mass is 9.84. The van der Waals surface area contributed by atoms with Gasteiger partial charge in [-0.3, -0.25) is 14.7 Å². The first kappa shape index (κ1) is 15.0. The van der Waals surface area contributed by atoms with Crippen LogP contribution in [0.15, 0.2) is 33.9 Å². The van der Waals surface area contributed by atoms with Crippen molar-refractivity contribution < 1.29 is 0 Å². The Bertz CT molecular complexity index is 705. The number of aromatic nitrogens is 2. The Morgan fingerprint density at radius 3 is 2.30 bits per heavy atom. The Morgan fingerprint density at radius 1 is 1.15 bits per heavy atom.